The lowest BCUT2D eigenvalue weighted by atomic mass is 9.96. The summed E-state index contributed by atoms with van der Waals surface area (Å²) in [5.41, 5.74) is 4.11. The highest BCUT2D eigenvalue weighted by Gasteiger charge is 2.33. The zero-order valence-electron chi connectivity index (χ0n) is 19.3. The van der Waals surface area contributed by atoms with E-state index >= 15 is 0 Å². The molecule has 1 N–H and O–H groups in total. The van der Waals surface area contributed by atoms with E-state index in [-0.39, 0.29) is 17.9 Å². The number of amides is 1. The Morgan fingerprint density at radius 2 is 1.68 bits per heavy atom. The molecule has 1 unspecified atom stereocenters. The zero-order chi connectivity index (χ0) is 22.9. The highest BCUT2D eigenvalue weighted by atomic mass is 32.2. The summed E-state index contributed by atoms with van der Waals surface area (Å²) in [7, 11) is -1.64. The summed E-state index contributed by atoms with van der Waals surface area (Å²) in [5.74, 6) is 0.149. The van der Waals surface area contributed by atoms with Gasteiger partial charge < -0.3 is 5.32 Å². The fraction of sp³-hybridized carbons (Fsp3) is 0.565. The molecule has 0 spiro atoms. The fourth-order valence-electron chi connectivity index (χ4n) is 4.35. The van der Waals surface area contributed by atoms with Gasteiger partial charge in [-0.2, -0.15) is 9.40 Å². The second-order valence-electron chi connectivity index (χ2n) is 8.84. The summed E-state index contributed by atoms with van der Waals surface area (Å²) < 4.78 is 29.3. The Bertz CT molecular complexity index is 1030. The Morgan fingerprint density at radius 3 is 2.16 bits per heavy atom. The van der Waals surface area contributed by atoms with E-state index in [0.29, 0.717) is 36.7 Å². The first-order valence-corrected chi connectivity index (χ1v) is 12.4. The number of carbonyl (C=O) groups is 1. The Hall–Kier alpha value is -2.19. The quantitative estimate of drug-likeness (QED) is 0.737. The first kappa shape index (κ1) is 23.5. The first-order chi connectivity index (χ1) is 14.5. The van der Waals surface area contributed by atoms with Crippen molar-refractivity contribution in [3.63, 3.8) is 0 Å². The van der Waals surface area contributed by atoms with Gasteiger partial charge in [0, 0.05) is 37.3 Å². The van der Waals surface area contributed by atoms with Gasteiger partial charge in [0.1, 0.15) is 0 Å². The molecule has 0 radical (unpaired) electrons. The Kier molecular flexibility index (Phi) is 6.91. The van der Waals surface area contributed by atoms with Crippen molar-refractivity contribution in [2.24, 2.45) is 13.0 Å². The second-order valence-corrected chi connectivity index (χ2v) is 10.8. The summed E-state index contributed by atoms with van der Waals surface area (Å²) in [6.45, 7) is 10.8. The molecule has 1 saturated heterocycles. The monoisotopic (exact) mass is 446 g/mol. The summed E-state index contributed by atoms with van der Waals surface area (Å²) in [5, 5.41) is 7.53. The number of nitrogens with one attached hydrogen (secondary N) is 1. The zero-order valence-corrected chi connectivity index (χ0v) is 20.2. The van der Waals surface area contributed by atoms with Gasteiger partial charge in [0.05, 0.1) is 16.6 Å². The van der Waals surface area contributed by atoms with E-state index in [1.807, 2.05) is 44.6 Å². The third-order valence-corrected chi connectivity index (χ3v) is 8.28. The number of piperidine rings is 1. The normalized spacial score (nSPS) is 17.1. The predicted molar refractivity (Wildman–Crippen MR) is 121 cm³/mol. The highest BCUT2D eigenvalue weighted by Crippen LogP contribution is 2.27. The molecule has 31 heavy (non-hydrogen) atoms. The maximum absolute atomic E-state index is 13.0. The van der Waals surface area contributed by atoms with Crippen LogP contribution in [-0.4, -0.2) is 41.5 Å². The number of carbonyl (C=O) groups excluding carboxylic acids is 1. The molecule has 2 heterocycles. The van der Waals surface area contributed by atoms with Crippen LogP contribution in [-0.2, 0) is 21.9 Å². The van der Waals surface area contributed by atoms with E-state index in [1.54, 1.807) is 12.1 Å². The van der Waals surface area contributed by atoms with Crippen LogP contribution in [0.3, 0.4) is 0 Å². The van der Waals surface area contributed by atoms with Gasteiger partial charge >= 0.3 is 0 Å². The molecule has 1 atom stereocenters. The standard InChI is InChI=1S/C23H34N4O3S/c1-15(2)19-7-9-21(10-8-19)31(29,30)27-13-11-20(12-14-27)23(28)24-16(3)22-17(4)25-26(6)18(22)5/h7-10,15-16,20H,11-14H2,1-6H3,(H,24,28). The van der Waals surface area contributed by atoms with Crippen LogP contribution in [0, 0.1) is 19.8 Å². The largest absolute Gasteiger partial charge is 0.349 e. The lowest BCUT2D eigenvalue weighted by molar-refractivity contribution is -0.126. The van der Waals surface area contributed by atoms with Crippen LogP contribution in [0.4, 0.5) is 0 Å². The van der Waals surface area contributed by atoms with Gasteiger partial charge in [-0.1, -0.05) is 26.0 Å². The molecule has 170 valence electrons. The van der Waals surface area contributed by atoms with E-state index in [4.69, 9.17) is 0 Å². The van der Waals surface area contributed by atoms with Crippen LogP contribution in [0.5, 0.6) is 0 Å². The number of hydrogen-bond acceptors (Lipinski definition) is 4. The second kappa shape index (κ2) is 9.12. The molecule has 0 aliphatic carbocycles. The van der Waals surface area contributed by atoms with Gasteiger partial charge in [-0.05, 0) is 57.2 Å². The Labute approximate surface area is 185 Å². The SMILES string of the molecule is Cc1nn(C)c(C)c1C(C)NC(=O)C1CCN(S(=O)(=O)c2ccc(C(C)C)cc2)CC1. The van der Waals surface area contributed by atoms with Crippen molar-refractivity contribution in [2.75, 3.05) is 13.1 Å². The minimum atomic E-state index is -3.54. The lowest BCUT2D eigenvalue weighted by Crippen LogP contribution is -2.43. The molecule has 3 rings (SSSR count). The van der Waals surface area contributed by atoms with E-state index in [0.717, 1.165) is 22.5 Å². The van der Waals surface area contributed by atoms with Crippen molar-refractivity contribution in [1.29, 1.82) is 0 Å². The van der Waals surface area contributed by atoms with E-state index in [2.05, 4.69) is 24.3 Å². The summed E-state index contributed by atoms with van der Waals surface area (Å²) in [6, 6.07) is 6.98. The molecule has 2 aromatic rings. The van der Waals surface area contributed by atoms with Crippen molar-refractivity contribution in [1.82, 2.24) is 19.4 Å². The van der Waals surface area contributed by atoms with Gasteiger partial charge in [-0.15, -0.1) is 0 Å². The van der Waals surface area contributed by atoms with Crippen LogP contribution in [0.15, 0.2) is 29.2 Å². The maximum atomic E-state index is 13.0. The molecular weight excluding hydrogens is 412 g/mol. The van der Waals surface area contributed by atoms with Crippen LogP contribution in [0.25, 0.3) is 0 Å². The first-order valence-electron chi connectivity index (χ1n) is 10.9. The number of sulfonamides is 1. The number of aromatic nitrogens is 2. The summed E-state index contributed by atoms with van der Waals surface area (Å²) >= 11 is 0. The average Bonchev–Trinajstić information content (AvgIpc) is 2.99. The molecule has 1 aliphatic rings. The minimum Gasteiger partial charge on any atom is -0.349 e. The Morgan fingerprint density at radius 1 is 1.10 bits per heavy atom. The maximum Gasteiger partial charge on any atom is 0.243 e. The smallest absolute Gasteiger partial charge is 0.243 e. The lowest BCUT2D eigenvalue weighted by Gasteiger charge is -2.31. The highest BCUT2D eigenvalue weighted by molar-refractivity contribution is 7.89. The third kappa shape index (κ3) is 4.85. The van der Waals surface area contributed by atoms with Crippen molar-refractivity contribution in [3.05, 3.63) is 46.8 Å². The molecule has 1 aromatic heterocycles. The van der Waals surface area contributed by atoms with Gasteiger partial charge in [-0.3, -0.25) is 9.48 Å². The van der Waals surface area contributed by atoms with Crippen LogP contribution < -0.4 is 5.32 Å². The molecule has 8 heteroatoms. The Balaban J connectivity index is 1.61. The number of nitrogens with zero attached hydrogens (tertiary/aromatic N) is 3. The minimum absolute atomic E-state index is 0.0199. The number of hydrogen-bond donors (Lipinski definition) is 1. The summed E-state index contributed by atoms with van der Waals surface area (Å²) in [6.07, 6.45) is 1.04. The van der Waals surface area contributed by atoms with E-state index < -0.39 is 10.0 Å². The molecule has 1 aliphatic heterocycles. The summed E-state index contributed by atoms with van der Waals surface area (Å²) in [4.78, 5) is 13.1. The van der Waals surface area contributed by atoms with Gasteiger partial charge in [0.25, 0.3) is 0 Å². The van der Waals surface area contributed by atoms with Gasteiger partial charge in [0.15, 0.2) is 0 Å². The molecule has 0 bridgehead atoms. The number of rotatable bonds is 6. The molecule has 1 fully saturated rings. The van der Waals surface area contributed by atoms with Gasteiger partial charge in [0.2, 0.25) is 15.9 Å². The average molecular weight is 447 g/mol. The fourth-order valence-corrected chi connectivity index (χ4v) is 5.82. The van der Waals surface area contributed by atoms with Crippen molar-refractivity contribution < 1.29 is 13.2 Å². The molecule has 1 amide bonds. The number of benzene rings is 1. The topological polar surface area (TPSA) is 84.3 Å². The molecule has 7 nitrogen and oxygen atoms in total. The van der Waals surface area contributed by atoms with Crippen LogP contribution >= 0.6 is 0 Å². The molecule has 0 saturated carbocycles. The van der Waals surface area contributed by atoms with E-state index in [9.17, 15) is 13.2 Å². The third-order valence-electron chi connectivity index (χ3n) is 6.37. The van der Waals surface area contributed by atoms with Crippen molar-refractivity contribution in [2.45, 2.75) is 64.3 Å². The van der Waals surface area contributed by atoms with E-state index in [1.165, 1.54) is 4.31 Å². The van der Waals surface area contributed by atoms with Crippen molar-refractivity contribution >= 4 is 15.9 Å². The van der Waals surface area contributed by atoms with Crippen LogP contribution in [0.2, 0.25) is 0 Å². The molecule has 1 aromatic carbocycles. The predicted octanol–water partition coefficient (Wildman–Crippen LogP) is 3.44. The van der Waals surface area contributed by atoms with Gasteiger partial charge in [-0.25, -0.2) is 8.42 Å². The molecular formula is C23H34N4O3S. The number of aryl methyl sites for hydroxylation is 2. The van der Waals surface area contributed by atoms with Crippen LogP contribution in [0.1, 0.15) is 68.1 Å². The van der Waals surface area contributed by atoms with Crippen molar-refractivity contribution in [3.8, 4) is 0 Å².